The largest absolute Gasteiger partial charge is 0.496 e. The number of ether oxygens (including phenoxy) is 3. The number of carbonyl (C=O) groups excluding carboxylic acids is 1. The maximum absolute atomic E-state index is 13.7. The molecule has 2 amide bonds. The fourth-order valence-electron chi connectivity index (χ4n) is 4.25. The first-order valence-electron chi connectivity index (χ1n) is 12.2. The number of nitrogens with zero attached hydrogens (tertiary/aromatic N) is 1. The van der Waals surface area contributed by atoms with Crippen LogP contribution in [0.15, 0.2) is 97.1 Å². The molecule has 0 spiro atoms. The van der Waals surface area contributed by atoms with Crippen LogP contribution in [0.25, 0.3) is 11.1 Å². The fraction of sp³-hybridized carbons (Fsp3) is 0.194. The van der Waals surface area contributed by atoms with Gasteiger partial charge in [0.05, 0.1) is 33.6 Å². The molecule has 0 bridgehead atoms. The van der Waals surface area contributed by atoms with Gasteiger partial charge in [-0.05, 0) is 41.8 Å². The van der Waals surface area contributed by atoms with Gasteiger partial charge in [-0.1, -0.05) is 72.8 Å². The highest BCUT2D eigenvalue weighted by Gasteiger charge is 2.18. The van der Waals surface area contributed by atoms with Gasteiger partial charge in [-0.25, -0.2) is 4.79 Å². The summed E-state index contributed by atoms with van der Waals surface area (Å²) in [6.45, 7) is 0.892. The summed E-state index contributed by atoms with van der Waals surface area (Å²) >= 11 is 0. The van der Waals surface area contributed by atoms with Crippen molar-refractivity contribution in [3.8, 4) is 28.4 Å². The van der Waals surface area contributed by atoms with Crippen LogP contribution in [0.2, 0.25) is 0 Å². The maximum Gasteiger partial charge on any atom is 0.322 e. The minimum Gasteiger partial charge on any atom is -0.496 e. The molecule has 6 nitrogen and oxygen atoms in total. The van der Waals surface area contributed by atoms with E-state index in [2.05, 4.69) is 5.32 Å². The van der Waals surface area contributed by atoms with Crippen molar-refractivity contribution in [2.75, 3.05) is 33.2 Å². The number of urea groups is 1. The lowest BCUT2D eigenvalue weighted by Gasteiger charge is -2.25. The fourth-order valence-corrected chi connectivity index (χ4v) is 4.25. The molecule has 0 fully saturated rings. The topological polar surface area (TPSA) is 60.0 Å². The van der Waals surface area contributed by atoms with Gasteiger partial charge in [-0.15, -0.1) is 0 Å². The van der Waals surface area contributed by atoms with Gasteiger partial charge in [0.1, 0.15) is 5.75 Å². The van der Waals surface area contributed by atoms with Gasteiger partial charge in [0.2, 0.25) is 0 Å². The zero-order valence-electron chi connectivity index (χ0n) is 21.4. The summed E-state index contributed by atoms with van der Waals surface area (Å²) in [6.07, 6.45) is 0.642. The molecule has 0 heterocycles. The third-order valence-corrected chi connectivity index (χ3v) is 6.21. The third-order valence-electron chi connectivity index (χ3n) is 6.21. The Morgan fingerprint density at radius 1 is 0.730 bits per heavy atom. The van der Waals surface area contributed by atoms with Crippen LogP contribution >= 0.6 is 0 Å². The summed E-state index contributed by atoms with van der Waals surface area (Å²) in [5.74, 6) is 2.08. The van der Waals surface area contributed by atoms with E-state index in [4.69, 9.17) is 14.2 Å². The van der Waals surface area contributed by atoms with Gasteiger partial charge < -0.3 is 24.4 Å². The third kappa shape index (κ3) is 6.41. The highest BCUT2D eigenvalue weighted by Crippen LogP contribution is 2.30. The lowest BCUT2D eigenvalue weighted by atomic mass is 10.0. The molecule has 0 aromatic heterocycles. The van der Waals surface area contributed by atoms with E-state index in [0.29, 0.717) is 31.0 Å². The smallest absolute Gasteiger partial charge is 0.322 e. The van der Waals surface area contributed by atoms with Gasteiger partial charge in [0.15, 0.2) is 11.5 Å². The molecular formula is C31H32N2O4. The molecule has 190 valence electrons. The van der Waals surface area contributed by atoms with Crippen molar-refractivity contribution in [2.24, 2.45) is 0 Å². The van der Waals surface area contributed by atoms with Crippen molar-refractivity contribution in [3.63, 3.8) is 0 Å². The molecule has 4 rings (SSSR count). The van der Waals surface area contributed by atoms with Gasteiger partial charge in [-0.2, -0.15) is 0 Å². The van der Waals surface area contributed by atoms with Crippen LogP contribution in [0, 0.1) is 0 Å². The average Bonchev–Trinajstić information content (AvgIpc) is 2.95. The van der Waals surface area contributed by atoms with Crippen LogP contribution in [-0.4, -0.2) is 38.8 Å². The molecule has 0 saturated carbocycles. The molecule has 0 aliphatic carbocycles. The lowest BCUT2D eigenvalue weighted by molar-refractivity contribution is 0.209. The summed E-state index contributed by atoms with van der Waals surface area (Å²) in [6, 6.07) is 31.3. The highest BCUT2D eigenvalue weighted by atomic mass is 16.5. The van der Waals surface area contributed by atoms with Gasteiger partial charge >= 0.3 is 6.03 Å². The number of hydrogen-bond acceptors (Lipinski definition) is 4. The first-order valence-corrected chi connectivity index (χ1v) is 12.2. The molecule has 4 aromatic carbocycles. The molecule has 1 N–H and O–H groups in total. The Hall–Kier alpha value is -4.45. The summed E-state index contributed by atoms with van der Waals surface area (Å²) in [5, 5.41) is 3.15. The molecule has 0 aliphatic rings. The minimum atomic E-state index is -0.185. The van der Waals surface area contributed by atoms with Gasteiger partial charge in [0, 0.05) is 17.7 Å². The molecule has 4 aromatic rings. The van der Waals surface area contributed by atoms with Crippen molar-refractivity contribution >= 4 is 11.7 Å². The number of amides is 2. The summed E-state index contributed by atoms with van der Waals surface area (Å²) in [4.78, 5) is 15.5. The second-order valence-corrected chi connectivity index (χ2v) is 8.51. The second-order valence-electron chi connectivity index (χ2n) is 8.51. The van der Waals surface area contributed by atoms with E-state index in [-0.39, 0.29) is 6.03 Å². The molecule has 0 atom stereocenters. The van der Waals surface area contributed by atoms with E-state index < -0.39 is 0 Å². The minimum absolute atomic E-state index is 0.185. The van der Waals surface area contributed by atoms with Crippen molar-refractivity contribution in [3.05, 3.63) is 108 Å². The van der Waals surface area contributed by atoms with Gasteiger partial charge in [0.25, 0.3) is 0 Å². The molecule has 37 heavy (non-hydrogen) atoms. The van der Waals surface area contributed by atoms with Crippen molar-refractivity contribution in [1.29, 1.82) is 0 Å². The maximum atomic E-state index is 13.7. The van der Waals surface area contributed by atoms with E-state index in [1.54, 1.807) is 26.2 Å². The Kier molecular flexibility index (Phi) is 8.66. The van der Waals surface area contributed by atoms with Crippen LogP contribution in [0.5, 0.6) is 17.2 Å². The predicted molar refractivity (Wildman–Crippen MR) is 148 cm³/mol. The first kappa shape index (κ1) is 25.6. The van der Waals surface area contributed by atoms with E-state index >= 15 is 0 Å². The Morgan fingerprint density at radius 3 is 2.16 bits per heavy atom. The number of para-hydroxylation sites is 2. The second kappa shape index (κ2) is 12.5. The molecule has 0 radical (unpaired) electrons. The van der Waals surface area contributed by atoms with Crippen molar-refractivity contribution in [1.82, 2.24) is 4.90 Å². The number of benzene rings is 4. The van der Waals surface area contributed by atoms with Crippen LogP contribution in [0.4, 0.5) is 10.5 Å². The molecular weight excluding hydrogens is 464 g/mol. The van der Waals surface area contributed by atoms with E-state index in [1.165, 1.54) is 0 Å². The van der Waals surface area contributed by atoms with E-state index in [0.717, 1.165) is 33.7 Å². The van der Waals surface area contributed by atoms with E-state index in [9.17, 15) is 4.79 Å². The lowest BCUT2D eigenvalue weighted by Crippen LogP contribution is -2.36. The molecule has 0 unspecified atom stereocenters. The van der Waals surface area contributed by atoms with Crippen LogP contribution in [-0.2, 0) is 13.0 Å². The Morgan fingerprint density at radius 2 is 1.41 bits per heavy atom. The predicted octanol–water partition coefficient (Wildman–Crippen LogP) is 6.66. The monoisotopic (exact) mass is 496 g/mol. The number of hydrogen-bond donors (Lipinski definition) is 1. The number of anilines is 1. The highest BCUT2D eigenvalue weighted by molar-refractivity contribution is 5.94. The van der Waals surface area contributed by atoms with Crippen molar-refractivity contribution in [2.45, 2.75) is 13.0 Å². The number of nitrogens with one attached hydrogen (secondary N) is 1. The zero-order valence-corrected chi connectivity index (χ0v) is 21.4. The Labute approximate surface area is 218 Å². The quantitative estimate of drug-likeness (QED) is 0.267. The van der Waals surface area contributed by atoms with Crippen molar-refractivity contribution < 1.29 is 19.0 Å². The zero-order chi connectivity index (χ0) is 26.0. The molecule has 0 saturated heterocycles. The summed E-state index contributed by atoms with van der Waals surface area (Å²) in [7, 11) is 4.88. The summed E-state index contributed by atoms with van der Waals surface area (Å²) < 4.78 is 16.4. The normalized spacial score (nSPS) is 10.5. The molecule has 0 aliphatic heterocycles. The summed E-state index contributed by atoms with van der Waals surface area (Å²) in [5.41, 5.74) is 4.74. The van der Waals surface area contributed by atoms with Gasteiger partial charge in [-0.3, -0.25) is 0 Å². The number of rotatable bonds is 10. The van der Waals surface area contributed by atoms with Crippen LogP contribution in [0.3, 0.4) is 0 Å². The Balaban J connectivity index is 1.59. The number of methoxy groups -OCH3 is 3. The van der Waals surface area contributed by atoms with Crippen LogP contribution in [0.1, 0.15) is 11.1 Å². The SMILES string of the molecule is COc1ccccc1CN(CCc1ccc(OC)c(OC)c1)C(=O)Nc1ccccc1-c1ccccc1. The Bertz CT molecular complexity index is 1320. The first-order chi connectivity index (χ1) is 18.1. The number of carbonyl (C=O) groups is 1. The standard InChI is InChI=1S/C31H32N2O4/c1-35-28-16-10-7-13-25(28)22-33(20-19-23-17-18-29(36-2)30(21-23)37-3)31(34)32-27-15-9-8-14-26(27)24-11-5-4-6-12-24/h4-18,21H,19-20,22H2,1-3H3,(H,32,34). The average molecular weight is 497 g/mol. The molecule has 6 heteroatoms. The van der Waals surface area contributed by atoms with Crippen LogP contribution < -0.4 is 19.5 Å². The van der Waals surface area contributed by atoms with E-state index in [1.807, 2.05) is 97.1 Å².